The van der Waals surface area contributed by atoms with Crippen molar-refractivity contribution in [3.63, 3.8) is 0 Å². The minimum atomic E-state index is -4.76. The molecule has 0 bridgehead atoms. The number of imidazole rings is 1. The predicted octanol–water partition coefficient (Wildman–Crippen LogP) is 7.00. The Morgan fingerprint density at radius 1 is 1.14 bits per heavy atom. The first-order valence-corrected chi connectivity index (χ1v) is 11.7. The van der Waals surface area contributed by atoms with Crippen LogP contribution in [0.4, 0.5) is 24.8 Å². The minimum absolute atomic E-state index is 0.119. The molecule has 0 spiro atoms. The monoisotopic (exact) mass is 505 g/mol. The zero-order valence-electron chi connectivity index (χ0n) is 20.9. The minimum Gasteiger partial charge on any atom is -0.493 e. The van der Waals surface area contributed by atoms with Crippen molar-refractivity contribution < 1.29 is 32.2 Å². The van der Waals surface area contributed by atoms with Gasteiger partial charge in [-0.2, -0.15) is 0 Å². The molecule has 3 aromatic rings. The fourth-order valence-corrected chi connectivity index (χ4v) is 5.32. The highest BCUT2D eigenvalue weighted by atomic mass is 19.4. The number of hydrogen-bond donors (Lipinski definition) is 1. The number of rotatable bonds is 6. The standard InChI is InChI=1S/C26H30F3N3O4/c1-15-10-18(14-25(3,4)13-15)32-21-12-22(34-5)23(35-16(2)33)11-20(21)31-24(32)30-17-6-8-19(9-7-17)36-26(27,28)29/h6-9,11-12,15,18H,10,13-14H2,1-5H3,(H,30,31)/t15-,18+/m1/s1. The van der Waals surface area contributed by atoms with Gasteiger partial charge in [0, 0.05) is 30.8 Å². The van der Waals surface area contributed by atoms with Gasteiger partial charge in [0.2, 0.25) is 5.95 Å². The Kier molecular flexibility index (Phi) is 6.81. The molecule has 0 amide bonds. The van der Waals surface area contributed by atoms with Gasteiger partial charge in [0.1, 0.15) is 5.75 Å². The van der Waals surface area contributed by atoms with E-state index in [1.54, 1.807) is 12.1 Å². The van der Waals surface area contributed by atoms with Crippen LogP contribution in [0.1, 0.15) is 53.0 Å². The van der Waals surface area contributed by atoms with Crippen LogP contribution in [0, 0.1) is 11.3 Å². The number of esters is 1. The van der Waals surface area contributed by atoms with Gasteiger partial charge in [-0.3, -0.25) is 4.79 Å². The second kappa shape index (κ2) is 9.55. The van der Waals surface area contributed by atoms with Gasteiger partial charge < -0.3 is 24.1 Å². The van der Waals surface area contributed by atoms with E-state index < -0.39 is 12.3 Å². The molecule has 1 aliphatic rings. The number of nitrogens with one attached hydrogen (secondary N) is 1. The molecule has 7 nitrogen and oxygen atoms in total. The fourth-order valence-electron chi connectivity index (χ4n) is 5.32. The molecular weight excluding hydrogens is 475 g/mol. The van der Waals surface area contributed by atoms with Gasteiger partial charge in [0.05, 0.1) is 18.1 Å². The summed E-state index contributed by atoms with van der Waals surface area (Å²) in [6.45, 7) is 8.05. The Morgan fingerprint density at radius 2 is 1.83 bits per heavy atom. The fraction of sp³-hybridized carbons (Fsp3) is 0.462. The third-order valence-electron chi connectivity index (χ3n) is 6.30. The Bertz CT molecular complexity index is 1250. The molecule has 0 saturated heterocycles. The first-order valence-electron chi connectivity index (χ1n) is 11.7. The van der Waals surface area contributed by atoms with Crippen molar-refractivity contribution in [1.29, 1.82) is 0 Å². The molecule has 2 atom stereocenters. The molecule has 1 heterocycles. The topological polar surface area (TPSA) is 74.6 Å². The second-order valence-corrected chi connectivity index (χ2v) is 10.2. The predicted molar refractivity (Wildman–Crippen MR) is 130 cm³/mol. The van der Waals surface area contributed by atoms with Crippen LogP contribution in [0.5, 0.6) is 17.2 Å². The van der Waals surface area contributed by atoms with Crippen LogP contribution in [0.25, 0.3) is 11.0 Å². The third kappa shape index (κ3) is 5.85. The Balaban J connectivity index is 1.78. The lowest BCUT2D eigenvalue weighted by Gasteiger charge is -2.40. The number of halogens is 3. The molecular formula is C26H30F3N3O4. The molecule has 0 unspecified atom stereocenters. The van der Waals surface area contributed by atoms with E-state index >= 15 is 0 Å². The van der Waals surface area contributed by atoms with E-state index in [9.17, 15) is 18.0 Å². The number of alkyl halides is 3. The summed E-state index contributed by atoms with van der Waals surface area (Å²) in [5.41, 5.74) is 2.07. The van der Waals surface area contributed by atoms with E-state index in [0.717, 1.165) is 24.8 Å². The van der Waals surface area contributed by atoms with E-state index in [0.29, 0.717) is 28.8 Å². The van der Waals surface area contributed by atoms with E-state index in [4.69, 9.17) is 14.5 Å². The maximum atomic E-state index is 12.5. The molecule has 0 aliphatic heterocycles. The van der Waals surface area contributed by atoms with Crippen LogP contribution in [-0.4, -0.2) is 29.0 Å². The highest BCUT2D eigenvalue weighted by molar-refractivity contribution is 5.85. The van der Waals surface area contributed by atoms with Crippen molar-refractivity contribution in [2.24, 2.45) is 11.3 Å². The summed E-state index contributed by atoms with van der Waals surface area (Å²) in [7, 11) is 1.50. The van der Waals surface area contributed by atoms with Gasteiger partial charge in [0.25, 0.3) is 0 Å². The number of fused-ring (bicyclic) bond motifs is 1. The quantitative estimate of drug-likeness (QED) is 0.287. The van der Waals surface area contributed by atoms with Gasteiger partial charge in [-0.15, -0.1) is 13.2 Å². The van der Waals surface area contributed by atoms with Crippen molar-refractivity contribution >= 4 is 28.6 Å². The highest BCUT2D eigenvalue weighted by Gasteiger charge is 2.35. The second-order valence-electron chi connectivity index (χ2n) is 10.2. The summed E-state index contributed by atoms with van der Waals surface area (Å²) < 4.78 is 54.5. The molecule has 36 heavy (non-hydrogen) atoms. The van der Waals surface area contributed by atoms with Crippen molar-refractivity contribution in [3.8, 4) is 17.2 Å². The molecule has 0 radical (unpaired) electrons. The number of hydrogen-bond acceptors (Lipinski definition) is 6. The zero-order valence-corrected chi connectivity index (χ0v) is 20.9. The number of nitrogens with zero attached hydrogens (tertiary/aromatic N) is 2. The number of carbonyl (C=O) groups excluding carboxylic acids is 1. The first-order chi connectivity index (χ1) is 16.8. The van der Waals surface area contributed by atoms with E-state index in [1.165, 1.54) is 38.3 Å². The molecule has 4 rings (SSSR count). The maximum absolute atomic E-state index is 12.5. The lowest BCUT2D eigenvalue weighted by atomic mass is 9.70. The molecule has 1 fully saturated rings. The summed E-state index contributed by atoms with van der Waals surface area (Å²) in [5, 5.41) is 3.26. The molecule has 1 saturated carbocycles. The summed E-state index contributed by atoms with van der Waals surface area (Å²) >= 11 is 0. The zero-order chi connectivity index (χ0) is 26.3. The molecule has 1 N–H and O–H groups in total. The molecule has 194 valence electrons. The highest BCUT2D eigenvalue weighted by Crippen LogP contribution is 2.47. The number of aromatic nitrogens is 2. The van der Waals surface area contributed by atoms with Gasteiger partial charge in [0.15, 0.2) is 11.5 Å². The smallest absolute Gasteiger partial charge is 0.493 e. The van der Waals surface area contributed by atoms with Crippen molar-refractivity contribution in [3.05, 3.63) is 36.4 Å². The van der Waals surface area contributed by atoms with Gasteiger partial charge in [-0.25, -0.2) is 4.98 Å². The average Bonchev–Trinajstić information content (AvgIpc) is 3.08. The third-order valence-corrected chi connectivity index (χ3v) is 6.30. The van der Waals surface area contributed by atoms with Crippen molar-refractivity contribution in [2.45, 2.75) is 59.4 Å². The van der Waals surface area contributed by atoms with E-state index in [1.807, 2.05) is 0 Å². The van der Waals surface area contributed by atoms with Gasteiger partial charge >= 0.3 is 12.3 Å². The van der Waals surface area contributed by atoms with Crippen LogP contribution in [0.3, 0.4) is 0 Å². The number of ether oxygens (including phenoxy) is 3. The van der Waals surface area contributed by atoms with E-state index in [-0.39, 0.29) is 23.0 Å². The largest absolute Gasteiger partial charge is 0.573 e. The summed E-state index contributed by atoms with van der Waals surface area (Å²) in [6.07, 6.45) is -1.79. The lowest BCUT2D eigenvalue weighted by molar-refractivity contribution is -0.274. The van der Waals surface area contributed by atoms with Crippen molar-refractivity contribution in [2.75, 3.05) is 12.4 Å². The lowest BCUT2D eigenvalue weighted by Crippen LogP contribution is -2.29. The maximum Gasteiger partial charge on any atom is 0.573 e. The summed E-state index contributed by atoms with van der Waals surface area (Å²) in [5.74, 6) is 0.910. The number of benzene rings is 2. The molecule has 1 aliphatic carbocycles. The Morgan fingerprint density at radius 3 is 2.42 bits per heavy atom. The van der Waals surface area contributed by atoms with Crippen LogP contribution in [0.2, 0.25) is 0 Å². The Labute approximate surface area is 207 Å². The van der Waals surface area contributed by atoms with Crippen LogP contribution in [-0.2, 0) is 4.79 Å². The molecule has 1 aromatic heterocycles. The van der Waals surface area contributed by atoms with Crippen molar-refractivity contribution in [1.82, 2.24) is 9.55 Å². The average molecular weight is 506 g/mol. The Hall–Kier alpha value is -3.43. The van der Waals surface area contributed by atoms with Crippen LogP contribution >= 0.6 is 0 Å². The van der Waals surface area contributed by atoms with Crippen LogP contribution in [0.15, 0.2) is 36.4 Å². The SMILES string of the molecule is COc1cc2c(cc1OC(C)=O)nc(Nc1ccc(OC(F)(F)F)cc1)n2[C@H]1C[C@@H](C)CC(C)(C)C1. The molecule has 2 aromatic carbocycles. The summed E-state index contributed by atoms with van der Waals surface area (Å²) in [4.78, 5) is 16.4. The van der Waals surface area contributed by atoms with Gasteiger partial charge in [-0.1, -0.05) is 20.8 Å². The summed E-state index contributed by atoms with van der Waals surface area (Å²) in [6, 6.07) is 9.08. The van der Waals surface area contributed by atoms with Crippen LogP contribution < -0.4 is 19.5 Å². The first kappa shape index (κ1) is 25.7. The van der Waals surface area contributed by atoms with Gasteiger partial charge in [-0.05, 0) is 54.9 Å². The normalized spacial score (nSPS) is 19.7. The number of anilines is 2. The molecule has 10 heteroatoms. The number of carbonyl (C=O) groups is 1. The number of methoxy groups -OCH3 is 1. The van der Waals surface area contributed by atoms with E-state index in [2.05, 4.69) is 35.4 Å².